The van der Waals surface area contributed by atoms with Gasteiger partial charge in [-0.2, -0.15) is 13.2 Å². The molecule has 0 atom stereocenters. The maximum atomic E-state index is 13.9. The van der Waals surface area contributed by atoms with Gasteiger partial charge in [-0.15, -0.1) is 0 Å². The summed E-state index contributed by atoms with van der Waals surface area (Å²) in [6, 6.07) is 9.08. The average molecular weight is 430 g/mol. The highest BCUT2D eigenvalue weighted by Crippen LogP contribution is 2.36. The van der Waals surface area contributed by atoms with Gasteiger partial charge < -0.3 is 15.1 Å². The maximum Gasteiger partial charge on any atom is 0.417 e. The number of hydrogen-bond donors (Lipinski definition) is 1. The predicted molar refractivity (Wildman–Crippen MR) is 100 cm³/mol. The lowest BCUT2D eigenvalue weighted by molar-refractivity contribution is -0.143. The number of carbonyl (C=O) groups excluding carboxylic acids is 2. The number of carbonyl (C=O) groups is 2. The Labute approximate surface area is 168 Å². The van der Waals surface area contributed by atoms with Crippen LogP contribution in [0.2, 0.25) is 5.02 Å². The van der Waals surface area contributed by atoms with E-state index < -0.39 is 28.6 Å². The largest absolute Gasteiger partial charge is 0.417 e. The lowest BCUT2D eigenvalue weighted by Gasteiger charge is -2.35. The van der Waals surface area contributed by atoms with Crippen molar-refractivity contribution < 1.29 is 27.2 Å². The standard InChI is InChI=1S/C19H16ClF4N3O2/c20-14-6-5-12(11-13(14)19(22,23)24)25-17(28)18(29)27-9-7-26(8-10-27)16-4-2-1-3-15(16)21/h1-6,11H,7-10H2,(H,25,28). The van der Waals surface area contributed by atoms with Crippen molar-refractivity contribution in [1.29, 1.82) is 0 Å². The molecule has 0 bridgehead atoms. The van der Waals surface area contributed by atoms with Crippen LogP contribution in [0.4, 0.5) is 28.9 Å². The van der Waals surface area contributed by atoms with Gasteiger partial charge in [-0.3, -0.25) is 9.59 Å². The van der Waals surface area contributed by atoms with Crippen LogP contribution in [0.1, 0.15) is 5.56 Å². The van der Waals surface area contributed by atoms with Gasteiger partial charge in [-0.05, 0) is 30.3 Å². The van der Waals surface area contributed by atoms with Crippen LogP contribution in [-0.2, 0) is 15.8 Å². The van der Waals surface area contributed by atoms with Crippen LogP contribution in [0, 0.1) is 5.82 Å². The molecule has 1 N–H and O–H groups in total. The Balaban J connectivity index is 1.62. The summed E-state index contributed by atoms with van der Waals surface area (Å²) in [5.74, 6) is -2.31. The molecule has 1 aliphatic rings. The maximum absolute atomic E-state index is 13.9. The van der Waals surface area contributed by atoms with E-state index in [2.05, 4.69) is 5.32 Å². The zero-order valence-electron chi connectivity index (χ0n) is 15.0. The van der Waals surface area contributed by atoms with Crippen molar-refractivity contribution in [3.05, 3.63) is 58.9 Å². The number of alkyl halides is 3. The van der Waals surface area contributed by atoms with Gasteiger partial charge in [0.2, 0.25) is 0 Å². The summed E-state index contributed by atoms with van der Waals surface area (Å²) in [6.45, 7) is 0.988. The SMILES string of the molecule is O=C(Nc1ccc(Cl)c(C(F)(F)F)c1)C(=O)N1CCN(c2ccccc2F)CC1. The zero-order chi connectivity index (χ0) is 21.2. The van der Waals surface area contributed by atoms with Gasteiger partial charge >= 0.3 is 18.0 Å². The van der Waals surface area contributed by atoms with Crippen molar-refractivity contribution in [3.8, 4) is 0 Å². The first-order chi connectivity index (χ1) is 13.7. The van der Waals surface area contributed by atoms with E-state index in [-0.39, 0.29) is 24.6 Å². The molecule has 2 aromatic carbocycles. The third kappa shape index (κ3) is 4.79. The van der Waals surface area contributed by atoms with E-state index in [1.165, 1.54) is 17.0 Å². The number of rotatable bonds is 2. The molecule has 0 aliphatic carbocycles. The van der Waals surface area contributed by atoms with Crippen LogP contribution < -0.4 is 10.2 Å². The second-order valence-electron chi connectivity index (χ2n) is 6.38. The van der Waals surface area contributed by atoms with Gasteiger partial charge in [0.05, 0.1) is 16.3 Å². The van der Waals surface area contributed by atoms with E-state index in [1.807, 2.05) is 0 Å². The van der Waals surface area contributed by atoms with Crippen LogP contribution in [0.15, 0.2) is 42.5 Å². The molecule has 0 aromatic heterocycles. The minimum absolute atomic E-state index is 0.176. The topological polar surface area (TPSA) is 52.7 Å². The normalized spacial score (nSPS) is 14.7. The van der Waals surface area contributed by atoms with Gasteiger partial charge in [0.15, 0.2) is 0 Å². The quantitative estimate of drug-likeness (QED) is 0.584. The minimum Gasteiger partial charge on any atom is -0.366 e. The number of nitrogens with one attached hydrogen (secondary N) is 1. The predicted octanol–water partition coefficient (Wildman–Crippen LogP) is 3.79. The third-order valence-electron chi connectivity index (χ3n) is 4.48. The molecule has 0 spiro atoms. The van der Waals surface area contributed by atoms with E-state index in [0.29, 0.717) is 24.8 Å². The Morgan fingerprint density at radius 1 is 1.00 bits per heavy atom. The molecular formula is C19H16ClF4N3O2. The van der Waals surface area contributed by atoms with Crippen molar-refractivity contribution in [1.82, 2.24) is 4.90 Å². The summed E-state index contributed by atoms with van der Waals surface area (Å²) >= 11 is 5.54. The fourth-order valence-corrected chi connectivity index (χ4v) is 3.23. The van der Waals surface area contributed by atoms with E-state index >= 15 is 0 Å². The fraction of sp³-hybridized carbons (Fsp3) is 0.263. The average Bonchev–Trinajstić information content (AvgIpc) is 2.68. The first-order valence-electron chi connectivity index (χ1n) is 8.63. The second-order valence-corrected chi connectivity index (χ2v) is 6.78. The minimum atomic E-state index is -4.69. The summed E-state index contributed by atoms with van der Waals surface area (Å²) in [4.78, 5) is 27.5. The first-order valence-corrected chi connectivity index (χ1v) is 9.01. The van der Waals surface area contributed by atoms with Crippen molar-refractivity contribution in [3.63, 3.8) is 0 Å². The highest BCUT2D eigenvalue weighted by atomic mass is 35.5. The third-order valence-corrected chi connectivity index (χ3v) is 4.81. The van der Waals surface area contributed by atoms with Gasteiger partial charge in [-0.25, -0.2) is 4.39 Å². The Hall–Kier alpha value is -2.81. The van der Waals surface area contributed by atoms with Gasteiger partial charge in [0, 0.05) is 31.9 Å². The van der Waals surface area contributed by atoms with E-state index in [1.54, 1.807) is 23.1 Å². The van der Waals surface area contributed by atoms with E-state index in [9.17, 15) is 27.2 Å². The van der Waals surface area contributed by atoms with Crippen molar-refractivity contribution >= 4 is 34.8 Å². The fourth-order valence-electron chi connectivity index (χ4n) is 3.01. The van der Waals surface area contributed by atoms with Crippen LogP contribution in [0.25, 0.3) is 0 Å². The summed E-state index contributed by atoms with van der Waals surface area (Å²) in [6.07, 6.45) is -4.69. The molecule has 0 unspecified atom stereocenters. The lowest BCUT2D eigenvalue weighted by Crippen LogP contribution is -2.51. The van der Waals surface area contributed by atoms with Gasteiger partial charge in [0.25, 0.3) is 0 Å². The Morgan fingerprint density at radius 2 is 1.66 bits per heavy atom. The van der Waals surface area contributed by atoms with Crippen LogP contribution >= 0.6 is 11.6 Å². The number of amides is 2. The van der Waals surface area contributed by atoms with E-state index in [0.717, 1.165) is 6.07 Å². The lowest BCUT2D eigenvalue weighted by atomic mass is 10.2. The highest BCUT2D eigenvalue weighted by Gasteiger charge is 2.34. The first kappa shape index (κ1) is 20.9. The number of para-hydroxylation sites is 1. The van der Waals surface area contributed by atoms with Crippen molar-refractivity contribution in [2.75, 3.05) is 36.4 Å². The molecule has 2 amide bonds. The number of nitrogens with zero attached hydrogens (tertiary/aromatic N) is 2. The molecule has 0 radical (unpaired) electrons. The molecule has 1 aliphatic heterocycles. The molecular weight excluding hydrogens is 414 g/mol. The zero-order valence-corrected chi connectivity index (χ0v) is 15.7. The Morgan fingerprint density at radius 3 is 2.28 bits per heavy atom. The molecule has 29 heavy (non-hydrogen) atoms. The number of benzene rings is 2. The van der Waals surface area contributed by atoms with Gasteiger partial charge in [-0.1, -0.05) is 23.7 Å². The number of anilines is 2. The molecule has 5 nitrogen and oxygen atoms in total. The molecule has 1 heterocycles. The molecule has 1 fully saturated rings. The second kappa shape index (κ2) is 8.28. The Kier molecular flexibility index (Phi) is 5.97. The molecule has 154 valence electrons. The Bertz CT molecular complexity index is 928. The summed E-state index contributed by atoms with van der Waals surface area (Å²) in [5.41, 5.74) is -0.891. The van der Waals surface area contributed by atoms with Crippen LogP contribution in [0.3, 0.4) is 0 Å². The van der Waals surface area contributed by atoms with Gasteiger partial charge in [0.1, 0.15) is 5.82 Å². The molecule has 3 rings (SSSR count). The number of halogens is 5. The molecule has 0 saturated carbocycles. The summed E-state index contributed by atoms with van der Waals surface area (Å²) in [7, 11) is 0. The van der Waals surface area contributed by atoms with Crippen LogP contribution in [0.5, 0.6) is 0 Å². The number of piperazine rings is 1. The smallest absolute Gasteiger partial charge is 0.366 e. The summed E-state index contributed by atoms with van der Waals surface area (Å²) in [5, 5.41) is 1.66. The van der Waals surface area contributed by atoms with Crippen LogP contribution in [-0.4, -0.2) is 42.9 Å². The van der Waals surface area contributed by atoms with Crippen molar-refractivity contribution in [2.45, 2.75) is 6.18 Å². The van der Waals surface area contributed by atoms with E-state index in [4.69, 9.17) is 11.6 Å². The summed E-state index contributed by atoms with van der Waals surface area (Å²) < 4.78 is 52.6. The molecule has 2 aromatic rings. The van der Waals surface area contributed by atoms with Crippen molar-refractivity contribution in [2.24, 2.45) is 0 Å². The molecule has 1 saturated heterocycles. The monoisotopic (exact) mass is 429 g/mol. The highest BCUT2D eigenvalue weighted by molar-refractivity contribution is 6.39. The number of hydrogen-bond acceptors (Lipinski definition) is 3. The molecule has 10 heteroatoms.